The Morgan fingerprint density at radius 3 is 1.21 bits per heavy atom. The molecule has 0 aromatic heterocycles. The summed E-state index contributed by atoms with van der Waals surface area (Å²) in [5.41, 5.74) is 2.58. The third-order valence-electron chi connectivity index (χ3n) is 2.71. The molecule has 0 saturated heterocycles. The molecule has 2 aromatic rings. The molecule has 0 bridgehead atoms. The number of hydrogen-bond donors (Lipinski definition) is 0. The molecule has 0 spiro atoms. The van der Waals surface area contributed by atoms with Gasteiger partial charge in [0.25, 0.3) is 0 Å². The van der Waals surface area contributed by atoms with Crippen LogP contribution < -0.4 is 0 Å². The molecule has 0 unspecified atom stereocenters. The van der Waals surface area contributed by atoms with Gasteiger partial charge in [0.2, 0.25) is 0 Å². The smallest absolute Gasteiger partial charge is 0.180 e. The second-order valence-corrected chi connectivity index (χ2v) is 4.95. The molecule has 0 fully saturated rings. The van der Waals surface area contributed by atoms with Crippen LogP contribution in [0.15, 0.2) is 48.5 Å². The van der Waals surface area contributed by atoms with E-state index >= 15 is 0 Å². The van der Waals surface area contributed by atoms with E-state index in [4.69, 9.17) is 0 Å². The molecule has 0 nitrogen and oxygen atoms in total. The molecule has 0 heterocycles. The van der Waals surface area contributed by atoms with Crippen LogP contribution in [0.4, 0.5) is 0 Å². The van der Waals surface area contributed by atoms with E-state index in [0.717, 1.165) is 0 Å². The van der Waals surface area contributed by atoms with Crippen molar-refractivity contribution in [3.8, 4) is 0 Å². The summed E-state index contributed by atoms with van der Waals surface area (Å²) >= 11 is 0. The Morgan fingerprint density at radius 1 is 0.684 bits per heavy atom. The zero-order valence-electron chi connectivity index (χ0n) is 12.2. The first-order valence-corrected chi connectivity index (χ1v) is 6.54. The predicted octanol–water partition coefficient (Wildman–Crippen LogP) is 5.22. The van der Waals surface area contributed by atoms with Crippen molar-refractivity contribution in [2.24, 2.45) is 0 Å². The van der Waals surface area contributed by atoms with Gasteiger partial charge >= 0.3 is 17.4 Å². The van der Waals surface area contributed by atoms with Gasteiger partial charge in [-0.3, -0.25) is 0 Å². The van der Waals surface area contributed by atoms with Crippen molar-refractivity contribution in [3.63, 3.8) is 0 Å². The van der Waals surface area contributed by atoms with E-state index in [-0.39, 0.29) is 17.4 Å². The second-order valence-electron chi connectivity index (χ2n) is 4.95. The van der Waals surface area contributed by atoms with Crippen molar-refractivity contribution >= 4 is 0 Å². The number of benzene rings is 2. The van der Waals surface area contributed by atoms with Gasteiger partial charge in [-0.05, 0) is 11.8 Å². The number of rotatable bonds is 2. The molecule has 0 atom stereocenters. The van der Waals surface area contributed by atoms with Crippen LogP contribution >= 0.6 is 0 Å². The van der Waals surface area contributed by atoms with Gasteiger partial charge in [0.1, 0.15) is 0 Å². The Labute approximate surface area is 129 Å². The fourth-order valence-corrected chi connectivity index (χ4v) is 1.53. The maximum Gasteiger partial charge on any atom is 2.00 e. The first kappa shape index (κ1) is 18.0. The van der Waals surface area contributed by atoms with Crippen LogP contribution in [0.3, 0.4) is 0 Å². The van der Waals surface area contributed by atoms with Crippen LogP contribution in [0.25, 0.3) is 0 Å². The molecule has 0 N–H and O–H groups in total. The second kappa shape index (κ2) is 9.84. The Balaban J connectivity index is 0.000000324. The molecular weight excluding hydrogens is 268 g/mol. The Hall–Kier alpha value is -1.03. The largest absolute Gasteiger partial charge is 2.00 e. The maximum atomic E-state index is 3.17. The fraction of sp³-hybridized carbons (Fsp3) is 0.333. The molecule has 2 rings (SSSR count). The molecule has 100 valence electrons. The Bertz CT molecular complexity index is 374. The van der Waals surface area contributed by atoms with E-state index in [1.54, 1.807) is 0 Å². The van der Waals surface area contributed by atoms with Gasteiger partial charge in [-0.25, -0.2) is 0 Å². The number of hydrogen-bond acceptors (Lipinski definition) is 0. The molecule has 1 heteroatoms. The fourth-order valence-electron chi connectivity index (χ4n) is 1.53. The summed E-state index contributed by atoms with van der Waals surface area (Å²) < 4.78 is 0. The van der Waals surface area contributed by atoms with Gasteiger partial charge in [-0.1, -0.05) is 27.7 Å². The normalized spacial score (nSPS) is 9.58. The quantitative estimate of drug-likeness (QED) is 0.665. The predicted molar refractivity (Wildman–Crippen MR) is 78.7 cm³/mol. The first-order valence-electron chi connectivity index (χ1n) is 6.54. The minimum absolute atomic E-state index is 0. The summed E-state index contributed by atoms with van der Waals surface area (Å²) in [5.74, 6) is 1.21. The minimum atomic E-state index is 0. The molecule has 2 aromatic carbocycles. The van der Waals surface area contributed by atoms with E-state index in [1.807, 2.05) is 36.4 Å². The van der Waals surface area contributed by atoms with Gasteiger partial charge in [0, 0.05) is 0 Å². The average molecular weight is 290 g/mol. The van der Waals surface area contributed by atoms with Crippen molar-refractivity contribution in [2.75, 3.05) is 0 Å². The molecule has 0 saturated carbocycles. The minimum Gasteiger partial charge on any atom is -0.180 e. The van der Waals surface area contributed by atoms with Gasteiger partial charge in [0.15, 0.2) is 0 Å². The van der Waals surface area contributed by atoms with Crippen LogP contribution in [0, 0.1) is 12.1 Å². The molecule has 0 aliphatic heterocycles. The van der Waals surface area contributed by atoms with Crippen LogP contribution in [0.2, 0.25) is 0 Å². The van der Waals surface area contributed by atoms with Gasteiger partial charge in [0.05, 0.1) is 0 Å². The molecular formula is C18H22Cr. The average Bonchev–Trinajstić information content (AvgIpc) is 2.41. The summed E-state index contributed by atoms with van der Waals surface area (Å²) in [6.45, 7) is 8.69. The Kier molecular flexibility index (Phi) is 9.31. The molecule has 0 amide bonds. The summed E-state index contributed by atoms with van der Waals surface area (Å²) in [4.78, 5) is 0. The monoisotopic (exact) mass is 290 g/mol. The van der Waals surface area contributed by atoms with Crippen LogP contribution in [-0.2, 0) is 17.4 Å². The van der Waals surface area contributed by atoms with Gasteiger partial charge in [-0.2, -0.15) is 71.8 Å². The van der Waals surface area contributed by atoms with Crippen molar-refractivity contribution < 1.29 is 17.4 Å². The van der Waals surface area contributed by atoms with E-state index in [0.29, 0.717) is 11.8 Å². The van der Waals surface area contributed by atoms with E-state index in [9.17, 15) is 0 Å². The zero-order chi connectivity index (χ0) is 13.4. The standard InChI is InChI=1S/2C9H11.Cr/c2*1-8(2)9-6-4-3-5-7-9;/h2*3-6,8H,1-2H3;/q2*-1;+2. The third kappa shape index (κ3) is 7.21. The SMILES string of the molecule is CC(C)c1[c-]cccc1.CC(C)c1[c-]cccc1.[Cr+2]. The summed E-state index contributed by atoms with van der Waals surface area (Å²) in [5, 5.41) is 0. The van der Waals surface area contributed by atoms with Crippen molar-refractivity contribution in [2.45, 2.75) is 39.5 Å². The van der Waals surface area contributed by atoms with Crippen LogP contribution in [-0.4, -0.2) is 0 Å². The summed E-state index contributed by atoms with van der Waals surface area (Å²) in [7, 11) is 0. The molecule has 0 radical (unpaired) electrons. The van der Waals surface area contributed by atoms with Crippen LogP contribution in [0.5, 0.6) is 0 Å². The van der Waals surface area contributed by atoms with Crippen molar-refractivity contribution in [3.05, 3.63) is 71.8 Å². The molecule has 19 heavy (non-hydrogen) atoms. The van der Waals surface area contributed by atoms with E-state index in [2.05, 4.69) is 52.0 Å². The van der Waals surface area contributed by atoms with Gasteiger partial charge < -0.3 is 0 Å². The Morgan fingerprint density at radius 2 is 1.05 bits per heavy atom. The first-order chi connectivity index (χ1) is 8.61. The van der Waals surface area contributed by atoms with E-state index in [1.165, 1.54) is 11.1 Å². The molecule has 0 aliphatic carbocycles. The van der Waals surface area contributed by atoms with Gasteiger partial charge in [-0.15, -0.1) is 0 Å². The molecule has 0 aliphatic rings. The van der Waals surface area contributed by atoms with Crippen LogP contribution in [0.1, 0.15) is 50.7 Å². The summed E-state index contributed by atoms with van der Waals surface area (Å²) in [6.07, 6.45) is 0. The summed E-state index contributed by atoms with van der Waals surface area (Å²) in [6, 6.07) is 22.5. The topological polar surface area (TPSA) is 0 Å². The van der Waals surface area contributed by atoms with Crippen molar-refractivity contribution in [1.82, 2.24) is 0 Å². The van der Waals surface area contributed by atoms with E-state index < -0.39 is 0 Å². The third-order valence-corrected chi connectivity index (χ3v) is 2.71. The zero-order valence-corrected chi connectivity index (χ0v) is 13.5. The van der Waals surface area contributed by atoms with Crippen molar-refractivity contribution in [1.29, 1.82) is 0 Å². The maximum absolute atomic E-state index is 3.17.